The van der Waals surface area contributed by atoms with Crippen LogP contribution in [-0.4, -0.2) is 36.6 Å². The summed E-state index contributed by atoms with van der Waals surface area (Å²) in [6.45, 7) is 7.47. The van der Waals surface area contributed by atoms with Crippen molar-refractivity contribution in [1.29, 1.82) is 0 Å². The first-order chi connectivity index (χ1) is 15.2. The number of nitro groups is 1. The van der Waals surface area contributed by atoms with Gasteiger partial charge in [-0.3, -0.25) is 14.9 Å². The van der Waals surface area contributed by atoms with Gasteiger partial charge in [0.2, 0.25) is 0 Å². The van der Waals surface area contributed by atoms with Crippen LogP contribution < -0.4 is 14.8 Å². The number of esters is 1. The van der Waals surface area contributed by atoms with Crippen molar-refractivity contribution >= 4 is 23.3 Å². The Kier molecular flexibility index (Phi) is 8.57. The zero-order valence-corrected chi connectivity index (χ0v) is 18.8. The Morgan fingerprint density at radius 3 is 2.41 bits per heavy atom. The van der Waals surface area contributed by atoms with Crippen LogP contribution in [-0.2, 0) is 9.53 Å². The molecule has 2 atom stereocenters. The monoisotopic (exact) mass is 444 g/mol. The van der Waals surface area contributed by atoms with Gasteiger partial charge in [0.05, 0.1) is 24.7 Å². The molecule has 0 spiro atoms. The van der Waals surface area contributed by atoms with Crippen LogP contribution in [0.2, 0.25) is 0 Å². The number of nitrogens with one attached hydrogen (secondary N) is 1. The van der Waals surface area contributed by atoms with E-state index in [1.54, 1.807) is 19.1 Å². The molecule has 2 aromatic rings. The highest BCUT2D eigenvalue weighted by Crippen LogP contribution is 2.35. The molecule has 0 bridgehead atoms. The predicted molar refractivity (Wildman–Crippen MR) is 119 cm³/mol. The van der Waals surface area contributed by atoms with Crippen molar-refractivity contribution in [3.63, 3.8) is 0 Å². The van der Waals surface area contributed by atoms with Crippen molar-refractivity contribution in [2.24, 2.45) is 0 Å². The summed E-state index contributed by atoms with van der Waals surface area (Å²) in [5.74, 6) is -1.07. The van der Waals surface area contributed by atoms with Gasteiger partial charge in [-0.25, -0.2) is 4.79 Å². The SMILES string of the molecule is CCOc1cc([N+](=O)[O-])c(C(=O)OC(C)C(=O)Nc2ccccc2C(C)CC)cc1OC. The Morgan fingerprint density at radius 1 is 1.12 bits per heavy atom. The van der Waals surface area contributed by atoms with Gasteiger partial charge in [0, 0.05) is 11.8 Å². The van der Waals surface area contributed by atoms with Gasteiger partial charge in [0.15, 0.2) is 17.6 Å². The standard InChI is InChI=1S/C23H28N2O7/c1-6-14(3)16-10-8-9-11-18(16)24-22(26)15(4)32-23(27)17-12-20(30-5)21(31-7-2)13-19(17)25(28)29/h8-15H,6-7H2,1-5H3,(H,24,26). The van der Waals surface area contributed by atoms with Crippen LogP contribution in [0.15, 0.2) is 36.4 Å². The number of benzene rings is 2. The van der Waals surface area contributed by atoms with Gasteiger partial charge in [-0.15, -0.1) is 0 Å². The molecule has 172 valence electrons. The summed E-state index contributed by atoms with van der Waals surface area (Å²) in [6.07, 6.45) is -0.301. The van der Waals surface area contributed by atoms with E-state index in [9.17, 15) is 19.7 Å². The van der Waals surface area contributed by atoms with E-state index in [-0.39, 0.29) is 29.6 Å². The van der Waals surface area contributed by atoms with E-state index in [0.29, 0.717) is 5.69 Å². The van der Waals surface area contributed by atoms with Crippen molar-refractivity contribution in [2.45, 2.75) is 46.1 Å². The first-order valence-electron chi connectivity index (χ1n) is 10.3. The number of hydrogen-bond donors (Lipinski definition) is 1. The molecule has 0 aliphatic rings. The van der Waals surface area contributed by atoms with Crippen LogP contribution in [0.4, 0.5) is 11.4 Å². The molecule has 2 rings (SSSR count). The molecule has 9 nitrogen and oxygen atoms in total. The lowest BCUT2D eigenvalue weighted by Crippen LogP contribution is -2.30. The Bertz CT molecular complexity index is 990. The van der Waals surface area contributed by atoms with Crippen LogP contribution in [0.25, 0.3) is 0 Å². The highest BCUT2D eigenvalue weighted by molar-refractivity contribution is 5.99. The molecule has 0 aromatic heterocycles. The highest BCUT2D eigenvalue weighted by Gasteiger charge is 2.28. The average molecular weight is 444 g/mol. The number of rotatable bonds is 10. The average Bonchev–Trinajstić information content (AvgIpc) is 2.78. The second kappa shape index (κ2) is 11.1. The Hall–Kier alpha value is -3.62. The summed E-state index contributed by atoms with van der Waals surface area (Å²) < 4.78 is 15.7. The molecule has 1 amide bonds. The van der Waals surface area contributed by atoms with Crippen molar-refractivity contribution < 1.29 is 28.7 Å². The summed E-state index contributed by atoms with van der Waals surface area (Å²) in [7, 11) is 1.35. The molecular weight excluding hydrogens is 416 g/mol. The second-order valence-corrected chi connectivity index (χ2v) is 7.14. The van der Waals surface area contributed by atoms with Gasteiger partial charge >= 0.3 is 5.97 Å². The largest absolute Gasteiger partial charge is 0.493 e. The Labute approximate surface area is 186 Å². The maximum absolute atomic E-state index is 12.7. The topological polar surface area (TPSA) is 117 Å². The first-order valence-corrected chi connectivity index (χ1v) is 10.3. The van der Waals surface area contributed by atoms with Crippen LogP contribution in [0, 0.1) is 10.1 Å². The molecule has 0 aliphatic heterocycles. The van der Waals surface area contributed by atoms with Gasteiger partial charge in [-0.1, -0.05) is 32.0 Å². The zero-order valence-electron chi connectivity index (χ0n) is 18.8. The molecule has 0 radical (unpaired) electrons. The quantitative estimate of drug-likeness (QED) is 0.321. The molecule has 0 heterocycles. The van der Waals surface area contributed by atoms with Crippen LogP contribution in [0.5, 0.6) is 11.5 Å². The van der Waals surface area contributed by atoms with E-state index in [0.717, 1.165) is 18.1 Å². The molecule has 9 heteroatoms. The first kappa shape index (κ1) is 24.6. The molecule has 0 saturated heterocycles. The van der Waals surface area contributed by atoms with Crippen molar-refractivity contribution in [3.05, 3.63) is 57.6 Å². The third-order valence-electron chi connectivity index (χ3n) is 5.01. The fraction of sp³-hybridized carbons (Fsp3) is 0.391. The molecule has 2 aromatic carbocycles. The molecular formula is C23H28N2O7. The lowest BCUT2D eigenvalue weighted by Gasteiger charge is -2.18. The summed E-state index contributed by atoms with van der Waals surface area (Å²) in [4.78, 5) is 36.1. The Balaban J connectivity index is 2.24. The molecule has 1 N–H and O–H groups in total. The number of nitro benzene ring substituents is 1. The third kappa shape index (κ3) is 5.75. The van der Waals surface area contributed by atoms with Gasteiger partial charge < -0.3 is 19.5 Å². The van der Waals surface area contributed by atoms with E-state index >= 15 is 0 Å². The number of nitrogens with zero attached hydrogens (tertiary/aromatic N) is 1. The Morgan fingerprint density at radius 2 is 1.81 bits per heavy atom. The van der Waals surface area contributed by atoms with Crippen molar-refractivity contribution in [3.8, 4) is 11.5 Å². The van der Waals surface area contributed by atoms with Crippen LogP contribution in [0.3, 0.4) is 0 Å². The minimum atomic E-state index is -1.19. The molecule has 0 saturated carbocycles. The lowest BCUT2D eigenvalue weighted by atomic mass is 9.97. The smallest absolute Gasteiger partial charge is 0.346 e. The molecule has 0 fully saturated rings. The van der Waals surface area contributed by atoms with E-state index < -0.39 is 28.6 Å². The third-order valence-corrected chi connectivity index (χ3v) is 5.01. The van der Waals surface area contributed by atoms with E-state index in [1.165, 1.54) is 20.1 Å². The molecule has 2 unspecified atom stereocenters. The fourth-order valence-corrected chi connectivity index (χ4v) is 3.06. The number of para-hydroxylation sites is 1. The fourth-order valence-electron chi connectivity index (χ4n) is 3.06. The van der Waals surface area contributed by atoms with Gasteiger partial charge in [0.1, 0.15) is 5.56 Å². The zero-order chi connectivity index (χ0) is 23.8. The number of carbonyl (C=O) groups excluding carboxylic acids is 2. The van der Waals surface area contributed by atoms with E-state index in [4.69, 9.17) is 14.2 Å². The molecule has 0 aliphatic carbocycles. The second-order valence-electron chi connectivity index (χ2n) is 7.14. The number of amides is 1. The van der Waals surface area contributed by atoms with Crippen molar-refractivity contribution in [2.75, 3.05) is 19.0 Å². The van der Waals surface area contributed by atoms with Gasteiger partial charge in [-0.2, -0.15) is 0 Å². The lowest BCUT2D eigenvalue weighted by molar-refractivity contribution is -0.385. The number of ether oxygens (including phenoxy) is 3. The summed E-state index contributed by atoms with van der Waals surface area (Å²) in [5.41, 5.74) is 0.751. The minimum absolute atomic E-state index is 0.130. The van der Waals surface area contributed by atoms with E-state index in [1.807, 2.05) is 26.0 Å². The normalized spacial score (nSPS) is 12.4. The summed E-state index contributed by atoms with van der Waals surface area (Å²) in [5, 5.41) is 14.3. The predicted octanol–water partition coefficient (Wildman–Crippen LogP) is 4.70. The molecule has 32 heavy (non-hydrogen) atoms. The maximum Gasteiger partial charge on any atom is 0.346 e. The van der Waals surface area contributed by atoms with E-state index in [2.05, 4.69) is 5.32 Å². The van der Waals surface area contributed by atoms with Gasteiger partial charge in [0.25, 0.3) is 11.6 Å². The number of methoxy groups -OCH3 is 1. The van der Waals surface area contributed by atoms with Gasteiger partial charge in [-0.05, 0) is 37.8 Å². The maximum atomic E-state index is 12.7. The number of hydrogen-bond acceptors (Lipinski definition) is 7. The van der Waals surface area contributed by atoms with Crippen LogP contribution >= 0.6 is 0 Å². The number of carbonyl (C=O) groups is 2. The summed E-state index contributed by atoms with van der Waals surface area (Å²) >= 11 is 0. The summed E-state index contributed by atoms with van der Waals surface area (Å²) in [6, 6.07) is 9.67. The minimum Gasteiger partial charge on any atom is -0.493 e. The highest BCUT2D eigenvalue weighted by atomic mass is 16.6. The number of anilines is 1. The van der Waals surface area contributed by atoms with Crippen molar-refractivity contribution in [1.82, 2.24) is 0 Å². The van der Waals surface area contributed by atoms with Crippen LogP contribution in [0.1, 0.15) is 56.0 Å².